The molecule has 0 atom stereocenters. The van der Waals surface area contributed by atoms with E-state index in [4.69, 9.17) is 16.3 Å². The Balaban J connectivity index is 1.86. The molecule has 0 saturated carbocycles. The van der Waals surface area contributed by atoms with Crippen LogP contribution in [0.3, 0.4) is 0 Å². The number of carbonyl (C=O) groups is 1. The number of rotatable bonds is 6. The van der Waals surface area contributed by atoms with Crippen molar-refractivity contribution in [2.75, 3.05) is 18.5 Å². The molecule has 8 heteroatoms. The van der Waals surface area contributed by atoms with Crippen molar-refractivity contribution in [1.29, 1.82) is 0 Å². The first-order chi connectivity index (χ1) is 12.1. The van der Waals surface area contributed by atoms with Crippen LogP contribution in [0.1, 0.15) is 12.7 Å². The van der Waals surface area contributed by atoms with Crippen LogP contribution in [0.4, 0.5) is 5.82 Å². The highest BCUT2D eigenvalue weighted by atomic mass is 35.5. The van der Waals surface area contributed by atoms with Gasteiger partial charge < -0.3 is 10.1 Å². The Labute approximate surface area is 154 Å². The fourth-order valence-corrected chi connectivity index (χ4v) is 3.29. The van der Waals surface area contributed by atoms with Crippen LogP contribution in [0.15, 0.2) is 35.8 Å². The summed E-state index contributed by atoms with van der Waals surface area (Å²) in [6, 6.07) is 7.51. The van der Waals surface area contributed by atoms with E-state index in [1.54, 1.807) is 6.20 Å². The molecule has 0 unspecified atom stereocenters. The number of amides is 1. The molecule has 1 aromatic carbocycles. The highest BCUT2D eigenvalue weighted by Gasteiger charge is 2.15. The summed E-state index contributed by atoms with van der Waals surface area (Å²) in [5, 5.41) is 6.18. The third-order valence-corrected chi connectivity index (χ3v) is 4.54. The summed E-state index contributed by atoms with van der Waals surface area (Å²) in [4.78, 5) is 20.9. The van der Waals surface area contributed by atoms with Crippen LogP contribution >= 0.6 is 22.9 Å². The number of thiazole rings is 1. The van der Waals surface area contributed by atoms with Gasteiger partial charge in [0.25, 0.3) is 5.91 Å². The Hall–Kier alpha value is -2.22. The Bertz CT molecular complexity index is 873. The molecule has 6 nitrogen and oxygen atoms in total. The van der Waals surface area contributed by atoms with E-state index < -0.39 is 0 Å². The lowest BCUT2D eigenvalue weighted by molar-refractivity contribution is -0.120. The Morgan fingerprint density at radius 1 is 1.36 bits per heavy atom. The molecule has 0 saturated heterocycles. The fourth-order valence-electron chi connectivity index (χ4n) is 2.27. The molecule has 0 fully saturated rings. The van der Waals surface area contributed by atoms with E-state index in [1.807, 2.05) is 48.1 Å². The van der Waals surface area contributed by atoms with E-state index in [1.165, 1.54) is 11.3 Å². The van der Waals surface area contributed by atoms with Gasteiger partial charge in [0.05, 0.1) is 11.9 Å². The van der Waals surface area contributed by atoms with Gasteiger partial charge in [0.15, 0.2) is 5.13 Å². The highest BCUT2D eigenvalue weighted by molar-refractivity contribution is 7.12. The van der Waals surface area contributed by atoms with E-state index in [0.29, 0.717) is 17.4 Å². The lowest BCUT2D eigenvalue weighted by atomic mass is 10.2. The topological polar surface area (TPSA) is 69.0 Å². The molecule has 0 radical (unpaired) electrons. The van der Waals surface area contributed by atoms with Crippen molar-refractivity contribution in [1.82, 2.24) is 14.5 Å². The number of hydrogen-bond donors (Lipinski definition) is 1. The van der Waals surface area contributed by atoms with Gasteiger partial charge in [-0.15, -0.1) is 11.3 Å². The molecule has 0 bridgehead atoms. The smallest absolute Gasteiger partial charge is 0.251 e. The van der Waals surface area contributed by atoms with Gasteiger partial charge in [0, 0.05) is 22.6 Å². The Morgan fingerprint density at radius 3 is 2.84 bits per heavy atom. The second kappa shape index (κ2) is 7.77. The largest absolute Gasteiger partial charge is 0.372 e. The van der Waals surface area contributed by atoms with Crippen LogP contribution in [-0.4, -0.2) is 33.7 Å². The van der Waals surface area contributed by atoms with E-state index in [2.05, 4.69) is 15.3 Å². The number of benzene rings is 1. The van der Waals surface area contributed by atoms with Gasteiger partial charge in [-0.25, -0.2) is 9.97 Å². The minimum absolute atomic E-state index is 0.00855. The first-order valence-corrected chi connectivity index (χ1v) is 8.98. The van der Waals surface area contributed by atoms with Crippen molar-refractivity contribution in [3.05, 3.63) is 46.7 Å². The van der Waals surface area contributed by atoms with Crippen LogP contribution in [0.2, 0.25) is 5.02 Å². The third kappa shape index (κ3) is 4.07. The number of imidazole rings is 1. The predicted molar refractivity (Wildman–Crippen MR) is 99.5 cm³/mol. The second-order valence-corrected chi connectivity index (χ2v) is 6.51. The number of nitrogens with one attached hydrogen (secondary N) is 1. The van der Waals surface area contributed by atoms with Crippen molar-refractivity contribution in [2.24, 2.45) is 0 Å². The van der Waals surface area contributed by atoms with Gasteiger partial charge in [-0.1, -0.05) is 23.7 Å². The van der Waals surface area contributed by atoms with Gasteiger partial charge in [-0.3, -0.25) is 9.36 Å². The van der Waals surface area contributed by atoms with Crippen LogP contribution in [-0.2, 0) is 9.53 Å². The maximum atomic E-state index is 11.9. The maximum Gasteiger partial charge on any atom is 0.251 e. The molecule has 1 N–H and O–H groups in total. The summed E-state index contributed by atoms with van der Waals surface area (Å²) in [6.07, 6.45) is 1.61. The molecule has 1 amide bonds. The highest BCUT2D eigenvalue weighted by Crippen LogP contribution is 2.28. The number of ether oxygens (including phenoxy) is 1. The average molecular weight is 377 g/mol. The number of carbonyl (C=O) groups excluding carboxylic acids is 1. The molecule has 0 aliphatic carbocycles. The lowest BCUT2D eigenvalue weighted by Gasteiger charge is -2.08. The quantitative estimate of drug-likeness (QED) is 0.707. The van der Waals surface area contributed by atoms with Crippen molar-refractivity contribution in [3.8, 4) is 16.4 Å². The van der Waals surface area contributed by atoms with Gasteiger partial charge in [-0.05, 0) is 26.0 Å². The molecule has 0 aliphatic heterocycles. The van der Waals surface area contributed by atoms with Crippen molar-refractivity contribution < 1.29 is 9.53 Å². The minimum Gasteiger partial charge on any atom is -0.372 e. The zero-order valence-electron chi connectivity index (χ0n) is 13.8. The van der Waals surface area contributed by atoms with Gasteiger partial charge in [-0.2, -0.15) is 0 Å². The molecular formula is C17H17ClN4O2S. The van der Waals surface area contributed by atoms with Crippen LogP contribution < -0.4 is 5.32 Å². The standard InChI is InChI=1S/C17H17ClN4O2S/c1-3-24-9-16(23)21-15-8-19-11(2)22(15)17-20-14(10-25-17)12-4-6-13(18)7-5-12/h4-8,10H,3,9H2,1-2H3,(H,21,23). The third-order valence-electron chi connectivity index (χ3n) is 3.47. The first kappa shape index (κ1) is 17.6. The zero-order valence-corrected chi connectivity index (χ0v) is 15.4. The van der Waals surface area contributed by atoms with Crippen LogP contribution in [0.25, 0.3) is 16.4 Å². The minimum atomic E-state index is -0.225. The summed E-state index contributed by atoms with van der Waals surface area (Å²) in [5.41, 5.74) is 1.82. The van der Waals surface area contributed by atoms with Gasteiger partial charge in [0.2, 0.25) is 0 Å². The Morgan fingerprint density at radius 2 is 2.12 bits per heavy atom. The van der Waals surface area contributed by atoms with E-state index in [0.717, 1.165) is 22.2 Å². The predicted octanol–water partition coefficient (Wildman–Crippen LogP) is 3.93. The van der Waals surface area contributed by atoms with Crippen molar-refractivity contribution >= 4 is 34.7 Å². The van der Waals surface area contributed by atoms with E-state index in [-0.39, 0.29) is 12.5 Å². The Kier molecular flexibility index (Phi) is 5.47. The fraction of sp³-hybridized carbons (Fsp3) is 0.235. The maximum absolute atomic E-state index is 11.9. The lowest BCUT2D eigenvalue weighted by Crippen LogP contribution is -2.20. The molecule has 0 spiro atoms. The molecule has 2 aromatic heterocycles. The summed E-state index contributed by atoms with van der Waals surface area (Å²) in [6.45, 7) is 4.20. The number of hydrogen-bond acceptors (Lipinski definition) is 5. The van der Waals surface area contributed by atoms with E-state index >= 15 is 0 Å². The molecule has 2 heterocycles. The number of halogens is 1. The van der Waals surface area contributed by atoms with Gasteiger partial charge >= 0.3 is 0 Å². The van der Waals surface area contributed by atoms with Gasteiger partial charge in [0.1, 0.15) is 18.2 Å². The van der Waals surface area contributed by atoms with Crippen molar-refractivity contribution in [3.63, 3.8) is 0 Å². The van der Waals surface area contributed by atoms with E-state index in [9.17, 15) is 4.79 Å². The molecule has 3 rings (SSSR count). The normalized spacial score (nSPS) is 10.8. The number of nitrogens with zero attached hydrogens (tertiary/aromatic N) is 3. The molecular weight excluding hydrogens is 360 g/mol. The molecule has 0 aliphatic rings. The number of aryl methyl sites for hydroxylation is 1. The zero-order chi connectivity index (χ0) is 17.8. The SMILES string of the molecule is CCOCC(=O)Nc1cnc(C)n1-c1nc(-c2ccc(Cl)cc2)cs1. The van der Waals surface area contributed by atoms with Crippen LogP contribution in [0, 0.1) is 6.92 Å². The van der Waals surface area contributed by atoms with Crippen LogP contribution in [0.5, 0.6) is 0 Å². The first-order valence-electron chi connectivity index (χ1n) is 7.72. The summed E-state index contributed by atoms with van der Waals surface area (Å²) >= 11 is 7.41. The second-order valence-electron chi connectivity index (χ2n) is 5.23. The summed E-state index contributed by atoms with van der Waals surface area (Å²) in [5.74, 6) is 1.08. The summed E-state index contributed by atoms with van der Waals surface area (Å²) in [7, 11) is 0. The summed E-state index contributed by atoms with van der Waals surface area (Å²) < 4.78 is 6.94. The average Bonchev–Trinajstić information content (AvgIpc) is 3.20. The molecule has 3 aromatic rings. The number of aromatic nitrogens is 3. The molecule has 130 valence electrons. The molecule has 25 heavy (non-hydrogen) atoms. The number of anilines is 1. The monoisotopic (exact) mass is 376 g/mol. The van der Waals surface area contributed by atoms with Crippen molar-refractivity contribution in [2.45, 2.75) is 13.8 Å².